The number of aliphatic hydroxyl groups excluding tert-OH is 1. The fourth-order valence-electron chi connectivity index (χ4n) is 5.26. The first-order valence-corrected chi connectivity index (χ1v) is 14.2. The van der Waals surface area contributed by atoms with Crippen LogP contribution in [0.3, 0.4) is 0 Å². The second-order valence-corrected chi connectivity index (χ2v) is 12.0. The van der Waals surface area contributed by atoms with Gasteiger partial charge in [0.25, 0.3) is 0 Å². The fraction of sp³-hybridized carbons (Fsp3) is 0.917. The zero-order valence-electron chi connectivity index (χ0n) is 18.8. The average Bonchev–Trinajstić information content (AvgIpc) is 3.51. The molecule has 0 radical (unpaired) electrons. The summed E-state index contributed by atoms with van der Waals surface area (Å²) in [7, 11) is 0. The van der Waals surface area contributed by atoms with Crippen molar-refractivity contribution in [3.8, 4) is 0 Å². The van der Waals surface area contributed by atoms with Crippen LogP contribution in [0.25, 0.3) is 0 Å². The second kappa shape index (κ2) is 11.9. The largest absolute Gasteiger partial charge is 0.386 e. The molecule has 4 atom stereocenters. The minimum Gasteiger partial charge on any atom is -0.386 e. The predicted octanol–water partition coefficient (Wildman–Crippen LogP) is 6.35. The summed E-state index contributed by atoms with van der Waals surface area (Å²) in [6.07, 6.45) is 11.9. The molecule has 174 valence electrons. The van der Waals surface area contributed by atoms with E-state index in [-0.39, 0.29) is 5.92 Å². The van der Waals surface area contributed by atoms with Gasteiger partial charge in [-0.25, -0.2) is 4.39 Å². The van der Waals surface area contributed by atoms with Gasteiger partial charge in [-0.05, 0) is 38.0 Å². The third-order valence-corrected chi connectivity index (χ3v) is 10.4. The van der Waals surface area contributed by atoms with E-state index in [0.29, 0.717) is 36.6 Å². The maximum absolute atomic E-state index is 15.4. The van der Waals surface area contributed by atoms with E-state index in [0.717, 1.165) is 44.9 Å². The van der Waals surface area contributed by atoms with Gasteiger partial charge in [0.15, 0.2) is 5.79 Å². The maximum atomic E-state index is 15.4. The zero-order valence-corrected chi connectivity index (χ0v) is 20.5. The summed E-state index contributed by atoms with van der Waals surface area (Å²) in [5.74, 6) is 2.63. The lowest BCUT2D eigenvalue weighted by molar-refractivity contribution is -0.185. The Morgan fingerprint density at radius 3 is 2.53 bits per heavy atom. The Bertz CT molecular complexity index is 535. The van der Waals surface area contributed by atoms with Crippen molar-refractivity contribution < 1.29 is 19.0 Å². The van der Waals surface area contributed by atoms with Gasteiger partial charge in [-0.1, -0.05) is 51.7 Å². The Morgan fingerprint density at radius 1 is 1.13 bits per heavy atom. The summed E-state index contributed by atoms with van der Waals surface area (Å²) in [5, 5.41) is 10.7. The molecule has 2 heterocycles. The Hall–Kier alpha value is 0.250. The van der Waals surface area contributed by atoms with E-state index in [9.17, 15) is 5.11 Å². The Morgan fingerprint density at radius 2 is 1.87 bits per heavy atom. The first kappa shape index (κ1) is 24.9. The SMILES string of the molecule is CCCCCCC(F)(CC)C(O)/C=C/C1CCC2(OCCO2)C1CCC1SCCS1. The third kappa shape index (κ3) is 6.18. The van der Waals surface area contributed by atoms with E-state index in [1.807, 2.05) is 6.92 Å². The number of thioether (sulfide) groups is 2. The van der Waals surface area contributed by atoms with Crippen molar-refractivity contribution >= 4 is 23.5 Å². The molecule has 1 saturated carbocycles. The fourth-order valence-corrected chi connectivity index (χ4v) is 8.13. The van der Waals surface area contributed by atoms with Crippen molar-refractivity contribution in [3.05, 3.63) is 12.2 Å². The van der Waals surface area contributed by atoms with Crippen LogP contribution in [-0.4, -0.2) is 52.0 Å². The van der Waals surface area contributed by atoms with Crippen LogP contribution in [0.4, 0.5) is 4.39 Å². The van der Waals surface area contributed by atoms with Crippen LogP contribution in [0.15, 0.2) is 12.2 Å². The van der Waals surface area contributed by atoms with Gasteiger partial charge in [0, 0.05) is 23.8 Å². The van der Waals surface area contributed by atoms with Crippen LogP contribution < -0.4 is 0 Å². The Balaban J connectivity index is 1.60. The number of alkyl halides is 1. The van der Waals surface area contributed by atoms with Crippen molar-refractivity contribution in [2.24, 2.45) is 11.8 Å². The predicted molar refractivity (Wildman–Crippen MR) is 127 cm³/mol. The van der Waals surface area contributed by atoms with Gasteiger partial charge in [0.2, 0.25) is 0 Å². The summed E-state index contributed by atoms with van der Waals surface area (Å²) >= 11 is 4.13. The molecular formula is C24H41FO3S2. The molecule has 3 nitrogen and oxygen atoms in total. The minimum absolute atomic E-state index is 0.287. The second-order valence-electron chi connectivity index (χ2n) is 9.09. The maximum Gasteiger partial charge on any atom is 0.171 e. The number of hydrogen-bond acceptors (Lipinski definition) is 5. The highest BCUT2D eigenvalue weighted by Gasteiger charge is 2.52. The molecule has 1 N–H and O–H groups in total. The molecule has 0 amide bonds. The van der Waals surface area contributed by atoms with Crippen molar-refractivity contribution in [2.45, 2.75) is 100 Å². The van der Waals surface area contributed by atoms with Crippen LogP contribution >= 0.6 is 23.5 Å². The zero-order chi connectivity index (χ0) is 21.5. The van der Waals surface area contributed by atoms with E-state index in [4.69, 9.17) is 9.47 Å². The summed E-state index contributed by atoms with van der Waals surface area (Å²) in [4.78, 5) is 0. The van der Waals surface area contributed by atoms with Crippen molar-refractivity contribution in [2.75, 3.05) is 24.7 Å². The number of aliphatic hydroxyl groups is 1. The molecular weight excluding hydrogens is 419 g/mol. The van der Waals surface area contributed by atoms with Crippen molar-refractivity contribution in [1.29, 1.82) is 0 Å². The van der Waals surface area contributed by atoms with Gasteiger partial charge >= 0.3 is 0 Å². The van der Waals surface area contributed by atoms with Gasteiger partial charge < -0.3 is 14.6 Å². The van der Waals surface area contributed by atoms with E-state index in [1.165, 1.54) is 17.9 Å². The topological polar surface area (TPSA) is 38.7 Å². The van der Waals surface area contributed by atoms with E-state index < -0.39 is 17.6 Å². The Kier molecular flexibility index (Phi) is 9.89. The average molecular weight is 461 g/mol. The number of hydrogen-bond donors (Lipinski definition) is 1. The number of unbranched alkanes of at least 4 members (excludes halogenated alkanes) is 3. The monoisotopic (exact) mass is 460 g/mol. The molecule has 30 heavy (non-hydrogen) atoms. The standard InChI is InChI=1S/C24H41FO3S2/c1-3-5-6-7-13-23(25,4-2)21(26)10-8-19-12-14-24(27-15-16-28-24)20(19)9-11-22-29-17-18-30-22/h8,10,19-22,26H,3-7,9,11-18H2,1-2H3/b10-8+. The lowest BCUT2D eigenvalue weighted by atomic mass is 9.85. The highest BCUT2D eigenvalue weighted by molar-refractivity contribution is 8.20. The molecule has 0 bridgehead atoms. The number of halogens is 1. The molecule has 2 saturated heterocycles. The molecule has 0 aromatic rings. The van der Waals surface area contributed by atoms with Gasteiger partial charge in [0.05, 0.1) is 17.8 Å². The van der Waals surface area contributed by atoms with Gasteiger partial charge in [0.1, 0.15) is 11.8 Å². The van der Waals surface area contributed by atoms with E-state index in [1.54, 1.807) is 6.08 Å². The summed E-state index contributed by atoms with van der Waals surface area (Å²) in [6.45, 7) is 5.35. The van der Waals surface area contributed by atoms with Gasteiger partial charge in [-0.2, -0.15) is 0 Å². The minimum atomic E-state index is -1.52. The quantitative estimate of drug-likeness (QED) is 0.271. The number of rotatable bonds is 12. The summed E-state index contributed by atoms with van der Waals surface area (Å²) in [6, 6.07) is 0. The molecule has 4 unspecified atom stereocenters. The van der Waals surface area contributed by atoms with Gasteiger partial charge in [-0.3, -0.25) is 0 Å². The highest BCUT2D eigenvalue weighted by Crippen LogP contribution is 2.50. The van der Waals surface area contributed by atoms with Crippen LogP contribution in [0.1, 0.15) is 78.1 Å². The molecule has 3 rings (SSSR count). The van der Waals surface area contributed by atoms with Crippen LogP contribution in [0.2, 0.25) is 0 Å². The normalized spacial score (nSPS) is 29.9. The highest BCUT2D eigenvalue weighted by atomic mass is 32.2. The first-order chi connectivity index (χ1) is 14.5. The smallest absolute Gasteiger partial charge is 0.171 e. The first-order valence-electron chi connectivity index (χ1n) is 12.1. The van der Waals surface area contributed by atoms with Crippen LogP contribution in [0.5, 0.6) is 0 Å². The summed E-state index contributed by atoms with van der Waals surface area (Å²) in [5.41, 5.74) is -1.52. The number of ether oxygens (including phenoxy) is 2. The van der Waals surface area contributed by atoms with Crippen molar-refractivity contribution in [3.63, 3.8) is 0 Å². The molecule has 3 fully saturated rings. The van der Waals surface area contributed by atoms with E-state index in [2.05, 4.69) is 36.5 Å². The lowest BCUT2D eigenvalue weighted by Crippen LogP contribution is -2.37. The molecule has 1 aliphatic carbocycles. The molecule has 3 aliphatic rings. The molecule has 0 aromatic carbocycles. The van der Waals surface area contributed by atoms with Crippen molar-refractivity contribution in [1.82, 2.24) is 0 Å². The molecule has 1 spiro atoms. The Labute approximate surface area is 191 Å². The van der Waals surface area contributed by atoms with Crippen LogP contribution in [0, 0.1) is 11.8 Å². The van der Waals surface area contributed by atoms with Gasteiger partial charge in [-0.15, -0.1) is 23.5 Å². The third-order valence-electron chi connectivity index (χ3n) is 7.19. The summed E-state index contributed by atoms with van der Waals surface area (Å²) < 4.78 is 28.3. The molecule has 0 aromatic heterocycles. The molecule has 2 aliphatic heterocycles. The van der Waals surface area contributed by atoms with Crippen LogP contribution in [-0.2, 0) is 9.47 Å². The lowest BCUT2D eigenvalue weighted by Gasteiger charge is -2.32. The van der Waals surface area contributed by atoms with E-state index >= 15 is 4.39 Å². The molecule has 6 heteroatoms. The number of allylic oxidation sites excluding steroid dienone is 1.